The molecule has 1 aliphatic rings. The Hall–Kier alpha value is -1.52. The zero-order valence-corrected chi connectivity index (χ0v) is 12.2. The van der Waals surface area contributed by atoms with E-state index in [4.69, 9.17) is 4.74 Å². The van der Waals surface area contributed by atoms with Crippen molar-refractivity contribution in [2.24, 2.45) is 0 Å². The summed E-state index contributed by atoms with van der Waals surface area (Å²) in [7, 11) is 0. The number of rotatable bonds is 2. The molecule has 5 nitrogen and oxygen atoms in total. The highest BCUT2D eigenvalue weighted by atomic mass is 16.6. The van der Waals surface area contributed by atoms with E-state index in [1.807, 2.05) is 27.0 Å². The first-order valence-corrected chi connectivity index (χ1v) is 6.94. The summed E-state index contributed by atoms with van der Waals surface area (Å²) in [6.07, 6.45) is 4.46. The van der Waals surface area contributed by atoms with Crippen LogP contribution in [0, 0.1) is 0 Å². The Bertz CT molecular complexity index is 448. The maximum absolute atomic E-state index is 12.2. The first-order valence-electron chi connectivity index (χ1n) is 6.94. The van der Waals surface area contributed by atoms with E-state index in [-0.39, 0.29) is 12.1 Å². The number of nitrogens with one attached hydrogen (secondary N) is 1. The number of hydrogen-bond donors (Lipinski definition) is 1. The van der Waals surface area contributed by atoms with Crippen molar-refractivity contribution in [2.45, 2.75) is 58.6 Å². The van der Waals surface area contributed by atoms with E-state index in [9.17, 15) is 4.79 Å². The Morgan fingerprint density at radius 2 is 2.32 bits per heavy atom. The molecule has 0 unspecified atom stereocenters. The topological polar surface area (TPSA) is 58.2 Å². The second kappa shape index (κ2) is 5.23. The number of ether oxygens (including phenoxy) is 1. The lowest BCUT2D eigenvalue weighted by Crippen LogP contribution is -2.36. The molecule has 0 aliphatic carbocycles. The summed E-state index contributed by atoms with van der Waals surface area (Å²) in [6, 6.07) is 0.0233. The molecule has 2 heterocycles. The van der Waals surface area contributed by atoms with Gasteiger partial charge in [0.15, 0.2) is 0 Å². The molecule has 1 amide bonds. The van der Waals surface area contributed by atoms with Crippen molar-refractivity contribution in [3.8, 4) is 0 Å². The van der Waals surface area contributed by atoms with Crippen LogP contribution < -0.4 is 0 Å². The number of H-pyrrole nitrogens is 1. The molecule has 1 N–H and O–H groups in total. The Kier molecular flexibility index (Phi) is 3.83. The summed E-state index contributed by atoms with van der Waals surface area (Å²) >= 11 is 0. The minimum atomic E-state index is -0.456. The second-order valence-corrected chi connectivity index (χ2v) is 5.98. The summed E-state index contributed by atoms with van der Waals surface area (Å²) in [6.45, 7) is 8.48. The molecule has 0 bridgehead atoms. The van der Waals surface area contributed by atoms with Gasteiger partial charge in [0.1, 0.15) is 11.4 Å². The molecular weight excluding hydrogens is 242 g/mol. The Labute approximate surface area is 114 Å². The molecule has 2 rings (SSSR count). The van der Waals surface area contributed by atoms with Crippen LogP contribution in [0.5, 0.6) is 0 Å². The summed E-state index contributed by atoms with van der Waals surface area (Å²) in [5, 5.41) is 0. The number of nitrogens with zero attached hydrogens (tertiary/aromatic N) is 2. The SMILES string of the molecule is CCc1cnc([C@@H]2CCCN2C(=O)OC(C)(C)C)[nH]1. The molecule has 1 saturated heterocycles. The molecule has 0 saturated carbocycles. The van der Waals surface area contributed by atoms with Crippen LogP contribution in [0.15, 0.2) is 6.20 Å². The van der Waals surface area contributed by atoms with Crippen LogP contribution in [0.2, 0.25) is 0 Å². The van der Waals surface area contributed by atoms with Crippen molar-refractivity contribution in [1.82, 2.24) is 14.9 Å². The van der Waals surface area contributed by atoms with E-state index in [0.29, 0.717) is 0 Å². The van der Waals surface area contributed by atoms with Crippen LogP contribution in [0.3, 0.4) is 0 Å². The van der Waals surface area contributed by atoms with E-state index in [2.05, 4.69) is 16.9 Å². The number of aromatic nitrogens is 2. The van der Waals surface area contributed by atoms with Crippen LogP contribution in [-0.2, 0) is 11.2 Å². The number of carbonyl (C=O) groups is 1. The third kappa shape index (κ3) is 3.28. The summed E-state index contributed by atoms with van der Waals surface area (Å²) < 4.78 is 5.45. The highest BCUT2D eigenvalue weighted by molar-refractivity contribution is 5.69. The summed E-state index contributed by atoms with van der Waals surface area (Å²) in [4.78, 5) is 21.6. The average molecular weight is 265 g/mol. The first-order chi connectivity index (χ1) is 8.90. The first kappa shape index (κ1) is 13.9. The van der Waals surface area contributed by atoms with Crippen LogP contribution >= 0.6 is 0 Å². The molecule has 1 atom stereocenters. The highest BCUT2D eigenvalue weighted by Gasteiger charge is 2.34. The maximum atomic E-state index is 12.2. The van der Waals surface area contributed by atoms with E-state index >= 15 is 0 Å². The molecule has 0 aromatic carbocycles. The molecule has 5 heteroatoms. The quantitative estimate of drug-likeness (QED) is 0.894. The fourth-order valence-electron chi connectivity index (χ4n) is 2.32. The lowest BCUT2D eigenvalue weighted by molar-refractivity contribution is 0.0218. The predicted octanol–water partition coefficient (Wildman–Crippen LogP) is 3.04. The predicted molar refractivity (Wildman–Crippen MR) is 72.9 cm³/mol. The lowest BCUT2D eigenvalue weighted by atomic mass is 10.2. The Balaban J connectivity index is 2.10. The normalized spacial score (nSPS) is 19.8. The molecule has 106 valence electrons. The van der Waals surface area contributed by atoms with Gasteiger partial charge in [0, 0.05) is 18.4 Å². The standard InChI is InChI=1S/C14H23N3O2/c1-5-10-9-15-12(16-10)11-7-6-8-17(11)13(18)19-14(2,3)4/h9,11H,5-8H2,1-4H3,(H,15,16)/t11-/m0/s1. The largest absolute Gasteiger partial charge is 0.444 e. The van der Waals surface area contributed by atoms with Crippen molar-refractivity contribution in [3.05, 3.63) is 17.7 Å². The molecule has 1 fully saturated rings. The third-order valence-corrected chi connectivity index (χ3v) is 3.23. The van der Waals surface area contributed by atoms with Gasteiger partial charge in [-0.3, -0.25) is 4.90 Å². The van der Waals surface area contributed by atoms with Gasteiger partial charge in [-0.05, 0) is 40.0 Å². The van der Waals surface area contributed by atoms with Gasteiger partial charge in [0.05, 0.1) is 6.04 Å². The maximum Gasteiger partial charge on any atom is 0.410 e. The Morgan fingerprint density at radius 1 is 1.58 bits per heavy atom. The second-order valence-electron chi connectivity index (χ2n) is 5.98. The van der Waals surface area contributed by atoms with Crippen LogP contribution in [0.25, 0.3) is 0 Å². The number of carbonyl (C=O) groups excluding carboxylic acids is 1. The van der Waals surface area contributed by atoms with E-state index < -0.39 is 5.60 Å². The van der Waals surface area contributed by atoms with Crippen LogP contribution in [0.4, 0.5) is 4.79 Å². The fourth-order valence-corrected chi connectivity index (χ4v) is 2.32. The van der Waals surface area contributed by atoms with Gasteiger partial charge in [-0.25, -0.2) is 9.78 Å². The van der Waals surface area contributed by atoms with Gasteiger partial charge in [0.2, 0.25) is 0 Å². The van der Waals surface area contributed by atoms with Gasteiger partial charge in [0.25, 0.3) is 0 Å². The van der Waals surface area contributed by atoms with Crippen molar-refractivity contribution in [1.29, 1.82) is 0 Å². The average Bonchev–Trinajstić information content (AvgIpc) is 2.95. The lowest BCUT2D eigenvalue weighted by Gasteiger charge is -2.27. The molecule has 0 spiro atoms. The van der Waals surface area contributed by atoms with Gasteiger partial charge < -0.3 is 9.72 Å². The molecule has 1 aliphatic heterocycles. The number of aromatic amines is 1. The van der Waals surface area contributed by atoms with E-state index in [0.717, 1.165) is 37.3 Å². The highest BCUT2D eigenvalue weighted by Crippen LogP contribution is 2.31. The van der Waals surface area contributed by atoms with Gasteiger partial charge in [-0.1, -0.05) is 6.92 Å². The van der Waals surface area contributed by atoms with Gasteiger partial charge >= 0.3 is 6.09 Å². The van der Waals surface area contributed by atoms with Crippen LogP contribution in [0.1, 0.15) is 58.1 Å². The van der Waals surface area contributed by atoms with Crippen molar-refractivity contribution in [3.63, 3.8) is 0 Å². The zero-order valence-electron chi connectivity index (χ0n) is 12.2. The minimum Gasteiger partial charge on any atom is -0.444 e. The minimum absolute atomic E-state index is 0.0233. The number of hydrogen-bond acceptors (Lipinski definition) is 3. The van der Waals surface area contributed by atoms with E-state index in [1.54, 1.807) is 4.90 Å². The summed E-state index contributed by atoms with van der Waals surface area (Å²) in [5.41, 5.74) is 0.646. The monoisotopic (exact) mass is 265 g/mol. The van der Waals surface area contributed by atoms with Gasteiger partial charge in [-0.2, -0.15) is 0 Å². The number of likely N-dealkylation sites (tertiary alicyclic amines) is 1. The summed E-state index contributed by atoms with van der Waals surface area (Å²) in [5.74, 6) is 0.875. The van der Waals surface area contributed by atoms with Crippen LogP contribution in [-0.4, -0.2) is 33.1 Å². The van der Waals surface area contributed by atoms with Crippen molar-refractivity contribution in [2.75, 3.05) is 6.54 Å². The number of amides is 1. The molecular formula is C14H23N3O2. The Morgan fingerprint density at radius 3 is 2.89 bits per heavy atom. The van der Waals surface area contributed by atoms with Crippen molar-refractivity contribution < 1.29 is 9.53 Å². The molecule has 1 aromatic heterocycles. The third-order valence-electron chi connectivity index (χ3n) is 3.23. The zero-order chi connectivity index (χ0) is 14.0. The number of aryl methyl sites for hydroxylation is 1. The smallest absolute Gasteiger partial charge is 0.410 e. The molecule has 19 heavy (non-hydrogen) atoms. The van der Waals surface area contributed by atoms with E-state index in [1.165, 1.54) is 0 Å². The van der Waals surface area contributed by atoms with Gasteiger partial charge in [-0.15, -0.1) is 0 Å². The molecule has 0 radical (unpaired) electrons. The number of imidazole rings is 1. The van der Waals surface area contributed by atoms with Crippen molar-refractivity contribution >= 4 is 6.09 Å². The molecule has 1 aromatic rings. The fraction of sp³-hybridized carbons (Fsp3) is 0.714.